The molecule has 0 bridgehead atoms. The molecule has 0 radical (unpaired) electrons. The highest BCUT2D eigenvalue weighted by Gasteiger charge is 2.14. The molecule has 0 unspecified atom stereocenters. The molecule has 0 spiro atoms. The van der Waals surface area contributed by atoms with E-state index in [1.165, 1.54) is 63.1 Å². The van der Waals surface area contributed by atoms with Gasteiger partial charge in [-0.2, -0.15) is 0 Å². The first-order valence-corrected chi connectivity index (χ1v) is 21.2. The zero-order chi connectivity index (χ0) is 36.0. The van der Waals surface area contributed by atoms with E-state index in [-0.39, 0.29) is 17.2 Å². The van der Waals surface area contributed by atoms with E-state index in [0.717, 1.165) is 116 Å². The van der Waals surface area contributed by atoms with Gasteiger partial charge >= 0.3 is 11.9 Å². The summed E-state index contributed by atoms with van der Waals surface area (Å²) in [5.41, 5.74) is 0. The zero-order valence-electron chi connectivity index (χ0n) is 32.4. The molecule has 0 saturated heterocycles. The van der Waals surface area contributed by atoms with Crippen molar-refractivity contribution in [3.8, 4) is 0 Å². The fraction of sp³-hybridized carbons (Fsp3) is 0.829. The SMILES string of the molecule is CCCCCC/C=C\COC(=O)CCCCCCCN(CCCCCCCC(=O)OC/C=C\CCCCCC)C(=O)SCCN(CC)CC. The second kappa shape index (κ2) is 37.5. The van der Waals surface area contributed by atoms with Crippen LogP contribution in [-0.2, 0) is 19.1 Å². The molecule has 0 atom stereocenters. The molecule has 0 saturated carbocycles. The maximum Gasteiger partial charge on any atom is 0.306 e. The predicted octanol–water partition coefficient (Wildman–Crippen LogP) is 11.3. The number of nitrogens with zero attached hydrogens (tertiary/aromatic N) is 2. The average molecular weight is 709 g/mol. The third-order valence-corrected chi connectivity index (χ3v) is 9.76. The molecular weight excluding hydrogens is 633 g/mol. The Hall–Kier alpha value is -1.80. The lowest BCUT2D eigenvalue weighted by atomic mass is 10.1. The van der Waals surface area contributed by atoms with Crippen molar-refractivity contribution >= 4 is 28.9 Å². The van der Waals surface area contributed by atoms with Crippen LogP contribution in [0.2, 0.25) is 0 Å². The van der Waals surface area contributed by atoms with Crippen LogP contribution in [0.4, 0.5) is 4.79 Å². The molecule has 0 heterocycles. The van der Waals surface area contributed by atoms with Gasteiger partial charge in [-0.15, -0.1) is 0 Å². The highest BCUT2D eigenvalue weighted by Crippen LogP contribution is 2.15. The Labute approximate surface area is 306 Å². The van der Waals surface area contributed by atoms with Crippen molar-refractivity contribution in [1.82, 2.24) is 9.80 Å². The number of hydrogen-bond acceptors (Lipinski definition) is 7. The fourth-order valence-corrected chi connectivity index (χ4v) is 6.46. The minimum atomic E-state index is -0.106. The van der Waals surface area contributed by atoms with Gasteiger partial charge in [0.25, 0.3) is 5.24 Å². The third-order valence-electron chi connectivity index (χ3n) is 8.87. The van der Waals surface area contributed by atoms with Crippen LogP contribution in [0, 0.1) is 0 Å². The smallest absolute Gasteiger partial charge is 0.306 e. The van der Waals surface area contributed by atoms with E-state index in [1.54, 1.807) is 0 Å². The summed E-state index contributed by atoms with van der Waals surface area (Å²) in [5.74, 6) is 0.614. The van der Waals surface area contributed by atoms with E-state index in [2.05, 4.69) is 49.6 Å². The van der Waals surface area contributed by atoms with E-state index in [9.17, 15) is 14.4 Å². The second-order valence-electron chi connectivity index (χ2n) is 13.2. The first-order valence-electron chi connectivity index (χ1n) is 20.2. The number of unbranched alkanes of at least 4 members (excludes halogenated alkanes) is 16. The molecule has 0 N–H and O–H groups in total. The van der Waals surface area contributed by atoms with Gasteiger partial charge in [-0.25, -0.2) is 0 Å². The van der Waals surface area contributed by atoms with Crippen molar-refractivity contribution in [2.24, 2.45) is 0 Å². The Morgan fingerprint density at radius 2 is 0.939 bits per heavy atom. The minimum Gasteiger partial charge on any atom is -0.461 e. The molecule has 1 amide bonds. The summed E-state index contributed by atoms with van der Waals surface area (Å²) in [4.78, 5) is 41.5. The van der Waals surface area contributed by atoms with Crippen LogP contribution >= 0.6 is 11.8 Å². The van der Waals surface area contributed by atoms with E-state index in [4.69, 9.17) is 9.47 Å². The summed E-state index contributed by atoms with van der Waals surface area (Å²) >= 11 is 1.45. The van der Waals surface area contributed by atoms with E-state index in [0.29, 0.717) is 26.1 Å². The summed E-state index contributed by atoms with van der Waals surface area (Å²) in [6.07, 6.45) is 31.3. The lowest BCUT2D eigenvalue weighted by molar-refractivity contribution is -0.143. The molecule has 286 valence electrons. The molecule has 0 rings (SSSR count). The van der Waals surface area contributed by atoms with E-state index in [1.807, 2.05) is 12.2 Å². The topological polar surface area (TPSA) is 76.1 Å². The van der Waals surface area contributed by atoms with Crippen LogP contribution < -0.4 is 0 Å². The van der Waals surface area contributed by atoms with Gasteiger partial charge in [-0.1, -0.05) is 141 Å². The normalized spacial score (nSPS) is 11.6. The van der Waals surface area contributed by atoms with E-state index >= 15 is 0 Å². The molecule has 49 heavy (non-hydrogen) atoms. The van der Waals surface area contributed by atoms with Gasteiger partial charge in [0, 0.05) is 38.2 Å². The number of thioether (sulfide) groups is 1. The summed E-state index contributed by atoms with van der Waals surface area (Å²) in [7, 11) is 0. The van der Waals surface area contributed by atoms with Crippen molar-refractivity contribution in [3.63, 3.8) is 0 Å². The molecule has 8 heteroatoms. The third kappa shape index (κ3) is 33.1. The second-order valence-corrected chi connectivity index (χ2v) is 14.2. The number of carbonyl (C=O) groups is 3. The number of amides is 1. The summed E-state index contributed by atoms with van der Waals surface area (Å²) in [6, 6.07) is 0. The average Bonchev–Trinajstić information content (AvgIpc) is 3.10. The molecule has 0 fully saturated rings. The zero-order valence-corrected chi connectivity index (χ0v) is 33.2. The van der Waals surface area contributed by atoms with Crippen molar-refractivity contribution in [2.75, 3.05) is 51.7 Å². The Kier molecular flexibility index (Phi) is 36.1. The monoisotopic (exact) mass is 709 g/mol. The summed E-state index contributed by atoms with van der Waals surface area (Å²) in [6.45, 7) is 14.1. The molecule has 0 aliphatic carbocycles. The molecule has 0 aliphatic heterocycles. The molecular formula is C41H76N2O5S. The summed E-state index contributed by atoms with van der Waals surface area (Å²) < 4.78 is 10.7. The molecule has 0 aromatic carbocycles. The first-order chi connectivity index (χ1) is 24.0. The lowest BCUT2D eigenvalue weighted by Crippen LogP contribution is -2.31. The van der Waals surface area contributed by atoms with Gasteiger partial charge in [0.05, 0.1) is 0 Å². The van der Waals surface area contributed by atoms with Crippen LogP contribution in [0.15, 0.2) is 24.3 Å². The Morgan fingerprint density at radius 1 is 0.510 bits per heavy atom. The van der Waals surface area contributed by atoms with Crippen LogP contribution in [-0.4, -0.2) is 78.7 Å². The number of carbonyl (C=O) groups excluding carboxylic acids is 3. The molecule has 0 aromatic rings. The Morgan fingerprint density at radius 3 is 1.39 bits per heavy atom. The molecule has 0 aliphatic rings. The van der Waals surface area contributed by atoms with E-state index < -0.39 is 0 Å². The predicted molar refractivity (Wildman–Crippen MR) is 210 cm³/mol. The number of hydrogen-bond donors (Lipinski definition) is 0. The van der Waals surface area contributed by atoms with Gasteiger partial charge in [-0.05, 0) is 64.5 Å². The number of ether oxygens (including phenoxy) is 2. The Balaban J connectivity index is 4.21. The number of rotatable bonds is 35. The summed E-state index contributed by atoms with van der Waals surface area (Å²) in [5, 5.41) is 0.197. The standard InChI is InChI=1S/C41H76N2O5S/c1-5-9-11-13-15-23-29-36-47-39(44)31-25-19-17-21-27-33-43(41(46)49-38-35-42(7-3)8-4)34-28-22-18-20-26-32-40(45)48-37-30-24-16-14-12-10-6-2/h23-24,29-30H,5-22,25-28,31-38H2,1-4H3/b29-23-,30-24-. The minimum absolute atomic E-state index is 0.106. The number of esters is 2. The lowest BCUT2D eigenvalue weighted by Gasteiger charge is -2.23. The maximum atomic E-state index is 13.1. The fourth-order valence-electron chi connectivity index (χ4n) is 5.57. The number of allylic oxidation sites excluding steroid dienone is 2. The van der Waals surface area contributed by atoms with Crippen molar-refractivity contribution in [2.45, 2.75) is 169 Å². The first kappa shape index (κ1) is 47.2. The highest BCUT2D eigenvalue weighted by atomic mass is 32.2. The van der Waals surface area contributed by atoms with Gasteiger partial charge < -0.3 is 19.3 Å². The maximum absolute atomic E-state index is 13.1. The van der Waals surface area contributed by atoms with Crippen molar-refractivity contribution in [1.29, 1.82) is 0 Å². The van der Waals surface area contributed by atoms with Crippen LogP contribution in [0.3, 0.4) is 0 Å². The van der Waals surface area contributed by atoms with Gasteiger partial charge in [0.1, 0.15) is 13.2 Å². The van der Waals surface area contributed by atoms with Crippen LogP contribution in [0.5, 0.6) is 0 Å². The van der Waals surface area contributed by atoms with Gasteiger partial charge in [-0.3, -0.25) is 14.4 Å². The van der Waals surface area contributed by atoms with Gasteiger partial charge in [0.15, 0.2) is 0 Å². The van der Waals surface area contributed by atoms with Crippen molar-refractivity contribution < 1.29 is 23.9 Å². The Bertz CT molecular complexity index is 779. The quantitative estimate of drug-likeness (QED) is 0.0368. The van der Waals surface area contributed by atoms with Crippen LogP contribution in [0.25, 0.3) is 0 Å². The van der Waals surface area contributed by atoms with Gasteiger partial charge in [0.2, 0.25) is 0 Å². The largest absolute Gasteiger partial charge is 0.461 e. The van der Waals surface area contributed by atoms with Crippen molar-refractivity contribution in [3.05, 3.63) is 24.3 Å². The highest BCUT2D eigenvalue weighted by molar-refractivity contribution is 8.13. The molecule has 0 aromatic heterocycles. The molecule has 7 nitrogen and oxygen atoms in total. The van der Waals surface area contributed by atoms with Crippen LogP contribution in [0.1, 0.15) is 169 Å².